The summed E-state index contributed by atoms with van der Waals surface area (Å²) in [6, 6.07) is 18.2. The number of hydrogen-bond acceptors (Lipinski definition) is 4. The van der Waals surface area contributed by atoms with Crippen molar-refractivity contribution in [1.82, 2.24) is 0 Å². The Kier molecular flexibility index (Phi) is 6.72. The molecule has 0 atom stereocenters. The van der Waals surface area contributed by atoms with E-state index in [1.165, 1.54) is 12.1 Å². The zero-order valence-electron chi connectivity index (χ0n) is 17.8. The van der Waals surface area contributed by atoms with Crippen molar-refractivity contribution < 1.29 is 22.8 Å². The summed E-state index contributed by atoms with van der Waals surface area (Å²) in [5.74, 6) is -1.44. The maximum absolute atomic E-state index is 13.4. The van der Waals surface area contributed by atoms with Crippen LogP contribution in [0, 0.1) is 0 Å². The van der Waals surface area contributed by atoms with E-state index in [4.69, 9.17) is 11.6 Å². The summed E-state index contributed by atoms with van der Waals surface area (Å²) >= 11 is 6.99. The summed E-state index contributed by atoms with van der Waals surface area (Å²) in [4.78, 5) is 28.3. The molecule has 0 unspecified atom stereocenters. The molecule has 34 heavy (non-hydrogen) atoms. The topological polar surface area (TPSA) is 49.4 Å². The molecular formula is C25H18ClF3N2O2S. The Labute approximate surface area is 203 Å². The molecule has 9 heteroatoms. The van der Waals surface area contributed by atoms with Crippen molar-refractivity contribution in [3.63, 3.8) is 0 Å². The van der Waals surface area contributed by atoms with Gasteiger partial charge in [-0.2, -0.15) is 13.2 Å². The Balaban J connectivity index is 1.77. The second-order valence-electron chi connectivity index (χ2n) is 7.39. The quantitative estimate of drug-likeness (QED) is 0.372. The lowest BCUT2D eigenvalue weighted by Gasteiger charge is -2.17. The fraction of sp³-hybridized carbons (Fsp3) is 0.120. The van der Waals surface area contributed by atoms with Crippen molar-refractivity contribution in [2.24, 2.45) is 0 Å². The first-order valence-corrected chi connectivity index (χ1v) is 11.5. The maximum atomic E-state index is 13.4. The van der Waals surface area contributed by atoms with Crippen molar-refractivity contribution in [1.29, 1.82) is 0 Å². The van der Waals surface area contributed by atoms with E-state index in [0.29, 0.717) is 22.0 Å². The predicted octanol–water partition coefficient (Wildman–Crippen LogP) is 6.91. The van der Waals surface area contributed by atoms with E-state index in [0.717, 1.165) is 34.4 Å². The van der Waals surface area contributed by atoms with Gasteiger partial charge in [-0.1, -0.05) is 54.6 Å². The Morgan fingerprint density at radius 1 is 0.941 bits per heavy atom. The molecule has 0 aromatic heterocycles. The van der Waals surface area contributed by atoms with Crippen LogP contribution in [-0.4, -0.2) is 11.8 Å². The average Bonchev–Trinajstić information content (AvgIpc) is 3.04. The minimum Gasteiger partial charge on any atom is -0.350 e. The first-order valence-electron chi connectivity index (χ1n) is 10.3. The van der Waals surface area contributed by atoms with Crippen molar-refractivity contribution in [2.45, 2.75) is 24.4 Å². The second-order valence-corrected chi connectivity index (χ2v) is 8.91. The molecule has 1 N–H and O–H groups in total. The molecular weight excluding hydrogens is 485 g/mol. The Hall–Kier alpha value is -3.23. The number of amides is 2. The van der Waals surface area contributed by atoms with Gasteiger partial charge in [-0.05, 0) is 60.5 Å². The van der Waals surface area contributed by atoms with Crippen LogP contribution < -0.4 is 10.2 Å². The summed E-state index contributed by atoms with van der Waals surface area (Å²) in [6.07, 6.45) is -3.94. The Bertz CT molecular complexity index is 1290. The lowest BCUT2D eigenvalue weighted by molar-refractivity contribution is -0.137. The third-order valence-electron chi connectivity index (χ3n) is 5.16. The largest absolute Gasteiger partial charge is 0.416 e. The summed E-state index contributed by atoms with van der Waals surface area (Å²) in [6.45, 7) is 1.95. The number of imide groups is 1. The summed E-state index contributed by atoms with van der Waals surface area (Å²) in [5.41, 5.74) is 0.461. The van der Waals surface area contributed by atoms with Gasteiger partial charge in [0, 0.05) is 15.6 Å². The van der Waals surface area contributed by atoms with Crippen molar-refractivity contribution in [3.05, 3.63) is 99.5 Å². The number of alkyl halides is 3. The Morgan fingerprint density at radius 2 is 1.65 bits per heavy atom. The van der Waals surface area contributed by atoms with Crippen molar-refractivity contribution >= 4 is 46.6 Å². The van der Waals surface area contributed by atoms with Gasteiger partial charge in [0.15, 0.2) is 0 Å². The number of nitrogens with one attached hydrogen (secondary N) is 1. The third kappa shape index (κ3) is 4.83. The highest BCUT2D eigenvalue weighted by Crippen LogP contribution is 2.40. The van der Waals surface area contributed by atoms with Crippen LogP contribution in [0.5, 0.6) is 0 Å². The molecule has 0 spiro atoms. The van der Waals surface area contributed by atoms with Crippen LogP contribution in [0.25, 0.3) is 0 Å². The van der Waals surface area contributed by atoms with Gasteiger partial charge in [0.2, 0.25) is 0 Å². The molecule has 3 aromatic carbocycles. The standard InChI is InChI=1S/C25H18ClF3N2O2S/c1-2-15-6-3-4-9-20(15)30-21-22(34-19-12-10-17(26)11-13-19)24(33)31(23(21)32)18-8-5-7-16(14-18)25(27,28)29/h3-14,30H,2H2,1H3. The van der Waals surface area contributed by atoms with E-state index in [-0.39, 0.29) is 16.3 Å². The fourth-order valence-electron chi connectivity index (χ4n) is 3.48. The van der Waals surface area contributed by atoms with E-state index in [1.54, 1.807) is 36.4 Å². The molecule has 0 saturated heterocycles. The fourth-order valence-corrected chi connectivity index (χ4v) is 4.53. The van der Waals surface area contributed by atoms with Gasteiger partial charge in [0.25, 0.3) is 11.8 Å². The van der Waals surface area contributed by atoms with Crippen LogP contribution in [0.1, 0.15) is 18.1 Å². The highest BCUT2D eigenvalue weighted by Gasteiger charge is 2.41. The Morgan fingerprint density at radius 3 is 2.32 bits per heavy atom. The van der Waals surface area contributed by atoms with Gasteiger partial charge < -0.3 is 5.32 Å². The number of benzene rings is 3. The highest BCUT2D eigenvalue weighted by molar-refractivity contribution is 8.04. The number of aryl methyl sites for hydroxylation is 1. The lowest BCUT2D eigenvalue weighted by Crippen LogP contribution is -2.32. The monoisotopic (exact) mass is 502 g/mol. The van der Waals surface area contributed by atoms with Crippen molar-refractivity contribution in [2.75, 3.05) is 10.2 Å². The van der Waals surface area contributed by atoms with Crippen LogP contribution in [0.4, 0.5) is 24.5 Å². The number of hydrogen-bond donors (Lipinski definition) is 1. The number of halogens is 4. The normalized spacial score (nSPS) is 14.2. The SMILES string of the molecule is CCc1ccccc1NC1=C(Sc2ccc(Cl)cc2)C(=O)N(c2cccc(C(F)(F)F)c2)C1=O. The number of carbonyl (C=O) groups is 2. The first kappa shape index (κ1) is 23.9. The molecule has 0 aliphatic carbocycles. The summed E-state index contributed by atoms with van der Waals surface area (Å²) < 4.78 is 39.8. The second kappa shape index (κ2) is 9.56. The lowest BCUT2D eigenvalue weighted by atomic mass is 10.1. The van der Waals surface area contributed by atoms with Crippen LogP contribution in [0.2, 0.25) is 5.02 Å². The number of anilines is 2. The molecule has 0 fully saturated rings. The molecule has 1 aliphatic heterocycles. The van der Waals surface area contributed by atoms with Crippen molar-refractivity contribution in [3.8, 4) is 0 Å². The maximum Gasteiger partial charge on any atom is 0.416 e. The highest BCUT2D eigenvalue weighted by atomic mass is 35.5. The van der Waals surface area contributed by atoms with E-state index < -0.39 is 23.6 Å². The summed E-state index contributed by atoms with van der Waals surface area (Å²) in [7, 11) is 0. The third-order valence-corrected chi connectivity index (χ3v) is 6.51. The van der Waals surface area contributed by atoms with Gasteiger partial charge in [-0.3, -0.25) is 9.59 Å². The van der Waals surface area contributed by atoms with Gasteiger partial charge >= 0.3 is 6.18 Å². The van der Waals surface area contributed by atoms with Crippen LogP contribution in [0.15, 0.2) is 88.3 Å². The molecule has 1 aliphatic rings. The van der Waals surface area contributed by atoms with E-state index in [9.17, 15) is 22.8 Å². The summed E-state index contributed by atoms with van der Waals surface area (Å²) in [5, 5.41) is 3.57. The minimum absolute atomic E-state index is 0.00302. The zero-order chi connectivity index (χ0) is 24.5. The number of rotatable bonds is 6. The predicted molar refractivity (Wildman–Crippen MR) is 128 cm³/mol. The van der Waals surface area contributed by atoms with Crippen LogP contribution in [0.3, 0.4) is 0 Å². The molecule has 2 amide bonds. The van der Waals surface area contributed by atoms with Gasteiger partial charge in [0.05, 0.1) is 11.3 Å². The molecule has 0 bridgehead atoms. The number of nitrogens with zero attached hydrogens (tertiary/aromatic N) is 1. The molecule has 0 radical (unpaired) electrons. The minimum atomic E-state index is -4.61. The van der Waals surface area contributed by atoms with E-state index in [2.05, 4.69) is 5.32 Å². The molecule has 4 rings (SSSR count). The average molecular weight is 503 g/mol. The van der Waals surface area contributed by atoms with Gasteiger partial charge in [-0.25, -0.2) is 4.90 Å². The molecule has 174 valence electrons. The number of para-hydroxylation sites is 1. The van der Waals surface area contributed by atoms with E-state index in [1.807, 2.05) is 19.1 Å². The zero-order valence-corrected chi connectivity index (χ0v) is 19.4. The number of carbonyl (C=O) groups excluding carboxylic acids is 2. The molecule has 1 heterocycles. The number of thioether (sulfide) groups is 1. The van der Waals surface area contributed by atoms with Gasteiger partial charge in [0.1, 0.15) is 10.6 Å². The van der Waals surface area contributed by atoms with Gasteiger partial charge in [-0.15, -0.1) is 0 Å². The molecule has 3 aromatic rings. The molecule has 4 nitrogen and oxygen atoms in total. The van der Waals surface area contributed by atoms with E-state index >= 15 is 0 Å². The molecule has 0 saturated carbocycles. The smallest absolute Gasteiger partial charge is 0.350 e. The van der Waals surface area contributed by atoms with Crippen LogP contribution >= 0.6 is 23.4 Å². The van der Waals surface area contributed by atoms with Crippen LogP contribution in [-0.2, 0) is 22.2 Å². The first-order chi connectivity index (χ1) is 16.2.